The van der Waals surface area contributed by atoms with Gasteiger partial charge in [0.25, 0.3) is 0 Å². The first-order valence-corrected chi connectivity index (χ1v) is 7.67. The second kappa shape index (κ2) is 6.12. The number of nitrogens with one attached hydrogen (secondary N) is 2. The summed E-state index contributed by atoms with van der Waals surface area (Å²) in [7, 11) is 0. The number of rotatable bonds is 5. The maximum Gasteiger partial charge on any atom is 0.238 e. The average molecular weight is 301 g/mol. The summed E-state index contributed by atoms with van der Waals surface area (Å²) in [4.78, 5) is 13.2. The lowest BCUT2D eigenvalue weighted by molar-refractivity contribution is -0.115. The summed E-state index contributed by atoms with van der Waals surface area (Å²) in [5.41, 5.74) is 1.77. The zero-order chi connectivity index (χ0) is 14.7. The number of hydrogen-bond donors (Lipinski definition) is 2. The molecule has 1 aliphatic carbocycles. The van der Waals surface area contributed by atoms with E-state index in [2.05, 4.69) is 16.7 Å². The van der Waals surface area contributed by atoms with Gasteiger partial charge in [0.1, 0.15) is 16.8 Å². The van der Waals surface area contributed by atoms with Gasteiger partial charge in [0.05, 0.1) is 24.9 Å². The van der Waals surface area contributed by atoms with Crippen LogP contribution in [0.15, 0.2) is 22.8 Å². The number of nitrogens with zero attached hydrogens (tertiary/aromatic N) is 1. The molecule has 0 bridgehead atoms. The predicted molar refractivity (Wildman–Crippen MR) is 80.1 cm³/mol. The number of aryl methyl sites for hydroxylation is 1. The molecule has 0 saturated carbocycles. The highest BCUT2D eigenvalue weighted by Gasteiger charge is 2.22. The Labute approximate surface area is 126 Å². The molecule has 6 heteroatoms. The van der Waals surface area contributed by atoms with E-state index in [0.717, 1.165) is 30.6 Å². The number of furan rings is 1. The Kier molecular flexibility index (Phi) is 4.04. The minimum Gasteiger partial charge on any atom is -0.468 e. The minimum atomic E-state index is -0.141. The van der Waals surface area contributed by atoms with Gasteiger partial charge in [-0.2, -0.15) is 5.26 Å². The quantitative estimate of drug-likeness (QED) is 0.889. The van der Waals surface area contributed by atoms with Crippen LogP contribution in [0.3, 0.4) is 0 Å². The fourth-order valence-corrected chi connectivity index (χ4v) is 3.75. The van der Waals surface area contributed by atoms with Crippen molar-refractivity contribution in [3.05, 3.63) is 40.2 Å². The summed E-state index contributed by atoms with van der Waals surface area (Å²) in [5, 5.41) is 15.8. The smallest absolute Gasteiger partial charge is 0.238 e. The van der Waals surface area contributed by atoms with Crippen molar-refractivity contribution in [1.82, 2.24) is 5.32 Å². The lowest BCUT2D eigenvalue weighted by atomic mass is 10.1. The van der Waals surface area contributed by atoms with Gasteiger partial charge in [-0.15, -0.1) is 11.3 Å². The number of hydrogen-bond acceptors (Lipinski definition) is 5. The summed E-state index contributed by atoms with van der Waals surface area (Å²) in [6.45, 7) is 0.695. The second-order valence-corrected chi connectivity index (χ2v) is 6.01. The van der Waals surface area contributed by atoms with Crippen molar-refractivity contribution >= 4 is 22.2 Å². The van der Waals surface area contributed by atoms with Crippen LogP contribution in [0.1, 0.15) is 28.2 Å². The molecule has 3 rings (SSSR count). The van der Waals surface area contributed by atoms with Crippen LogP contribution >= 0.6 is 11.3 Å². The first-order valence-electron chi connectivity index (χ1n) is 6.85. The van der Waals surface area contributed by atoms with Crippen molar-refractivity contribution in [3.63, 3.8) is 0 Å². The number of amides is 1. The van der Waals surface area contributed by atoms with Crippen LogP contribution in [-0.2, 0) is 24.2 Å². The lowest BCUT2D eigenvalue weighted by Gasteiger charge is -2.05. The highest BCUT2D eigenvalue weighted by Crippen LogP contribution is 2.38. The van der Waals surface area contributed by atoms with Gasteiger partial charge in [0, 0.05) is 4.88 Å². The first kappa shape index (κ1) is 13.9. The third kappa shape index (κ3) is 2.99. The van der Waals surface area contributed by atoms with Gasteiger partial charge in [-0.3, -0.25) is 4.79 Å². The number of carbonyl (C=O) groups is 1. The summed E-state index contributed by atoms with van der Waals surface area (Å²) in [6, 6.07) is 5.88. The third-order valence-electron chi connectivity index (χ3n) is 3.45. The maximum atomic E-state index is 11.9. The van der Waals surface area contributed by atoms with E-state index < -0.39 is 0 Å². The Morgan fingerprint density at radius 1 is 1.48 bits per heavy atom. The molecule has 0 aromatic carbocycles. The Balaban J connectivity index is 1.57. The van der Waals surface area contributed by atoms with Crippen LogP contribution < -0.4 is 10.6 Å². The number of nitriles is 1. The molecule has 2 aromatic heterocycles. The molecular formula is C15H15N3O2S. The lowest BCUT2D eigenvalue weighted by Crippen LogP contribution is -2.27. The minimum absolute atomic E-state index is 0.141. The zero-order valence-electron chi connectivity index (χ0n) is 11.4. The van der Waals surface area contributed by atoms with Crippen molar-refractivity contribution in [2.45, 2.75) is 25.8 Å². The molecule has 1 amide bonds. The summed E-state index contributed by atoms with van der Waals surface area (Å²) < 4.78 is 5.18. The van der Waals surface area contributed by atoms with Crippen molar-refractivity contribution in [2.75, 3.05) is 11.9 Å². The molecule has 0 aliphatic heterocycles. The van der Waals surface area contributed by atoms with Crippen LogP contribution in [0.2, 0.25) is 0 Å². The molecule has 0 radical (unpaired) electrons. The molecule has 5 nitrogen and oxygen atoms in total. The van der Waals surface area contributed by atoms with E-state index in [-0.39, 0.29) is 12.5 Å². The van der Waals surface area contributed by atoms with Crippen LogP contribution in [0.5, 0.6) is 0 Å². The molecule has 0 unspecified atom stereocenters. The summed E-state index contributed by atoms with van der Waals surface area (Å²) >= 11 is 1.53. The molecule has 108 valence electrons. The Morgan fingerprint density at radius 3 is 3.14 bits per heavy atom. The molecule has 0 spiro atoms. The Morgan fingerprint density at radius 2 is 2.38 bits per heavy atom. The van der Waals surface area contributed by atoms with Crippen LogP contribution in [0.25, 0.3) is 0 Å². The molecule has 21 heavy (non-hydrogen) atoms. The standard InChI is InChI=1S/C15H15N3O2S/c16-7-12-11-4-1-5-13(11)21-15(12)18-14(19)9-17-8-10-3-2-6-20-10/h2-3,6,17H,1,4-5,8-9H2,(H,18,19). The van der Waals surface area contributed by atoms with Gasteiger partial charge in [-0.05, 0) is 37.0 Å². The molecule has 2 heterocycles. The third-order valence-corrected chi connectivity index (χ3v) is 4.66. The molecule has 1 aliphatic rings. The Bertz CT molecular complexity index is 683. The number of carbonyl (C=O) groups excluding carboxylic acids is 1. The van der Waals surface area contributed by atoms with E-state index in [1.54, 1.807) is 6.26 Å². The number of thiophene rings is 1. The molecule has 0 atom stereocenters. The molecule has 2 aromatic rings. The van der Waals surface area contributed by atoms with E-state index in [0.29, 0.717) is 17.1 Å². The number of anilines is 1. The highest BCUT2D eigenvalue weighted by molar-refractivity contribution is 7.16. The fourth-order valence-electron chi connectivity index (χ4n) is 2.49. The zero-order valence-corrected chi connectivity index (χ0v) is 12.3. The Hall–Kier alpha value is -2.10. The van der Waals surface area contributed by atoms with Gasteiger partial charge in [0.15, 0.2) is 0 Å². The van der Waals surface area contributed by atoms with Gasteiger partial charge >= 0.3 is 0 Å². The van der Waals surface area contributed by atoms with Crippen LogP contribution in [-0.4, -0.2) is 12.5 Å². The van der Waals surface area contributed by atoms with Crippen molar-refractivity contribution in [1.29, 1.82) is 5.26 Å². The van der Waals surface area contributed by atoms with E-state index in [4.69, 9.17) is 4.42 Å². The molecule has 2 N–H and O–H groups in total. The average Bonchev–Trinajstić information content (AvgIpc) is 3.15. The largest absolute Gasteiger partial charge is 0.468 e. The molecule has 0 fully saturated rings. The SMILES string of the molecule is N#Cc1c(NC(=O)CNCc2ccco2)sc2c1CCC2. The van der Waals surface area contributed by atoms with Crippen molar-refractivity contribution in [2.24, 2.45) is 0 Å². The predicted octanol–water partition coefficient (Wildman–Crippen LogP) is 2.43. The second-order valence-electron chi connectivity index (χ2n) is 4.90. The highest BCUT2D eigenvalue weighted by atomic mass is 32.1. The van der Waals surface area contributed by atoms with E-state index in [9.17, 15) is 10.1 Å². The van der Waals surface area contributed by atoms with Crippen molar-refractivity contribution in [3.8, 4) is 6.07 Å². The summed E-state index contributed by atoms with van der Waals surface area (Å²) in [5.74, 6) is 0.647. The topological polar surface area (TPSA) is 78.1 Å². The first-order chi connectivity index (χ1) is 10.3. The van der Waals surface area contributed by atoms with Crippen LogP contribution in [0.4, 0.5) is 5.00 Å². The van der Waals surface area contributed by atoms with Gasteiger partial charge in [-0.1, -0.05) is 0 Å². The van der Waals surface area contributed by atoms with Gasteiger partial charge in [-0.25, -0.2) is 0 Å². The molecule has 0 saturated heterocycles. The van der Waals surface area contributed by atoms with Crippen molar-refractivity contribution < 1.29 is 9.21 Å². The van der Waals surface area contributed by atoms with Crippen LogP contribution in [0, 0.1) is 11.3 Å². The number of fused-ring (bicyclic) bond motifs is 1. The van der Waals surface area contributed by atoms with Gasteiger partial charge in [0.2, 0.25) is 5.91 Å². The normalized spacial score (nSPS) is 12.9. The molecular weight excluding hydrogens is 286 g/mol. The van der Waals surface area contributed by atoms with E-state index in [1.165, 1.54) is 16.2 Å². The summed E-state index contributed by atoms with van der Waals surface area (Å²) in [6.07, 6.45) is 4.67. The van der Waals surface area contributed by atoms with Gasteiger partial charge < -0.3 is 15.1 Å². The monoisotopic (exact) mass is 301 g/mol. The fraction of sp³-hybridized carbons (Fsp3) is 0.333. The van der Waals surface area contributed by atoms with E-state index >= 15 is 0 Å². The van der Waals surface area contributed by atoms with E-state index in [1.807, 2.05) is 12.1 Å². The maximum absolute atomic E-state index is 11.9.